The average Bonchev–Trinajstić information content (AvgIpc) is 2.89. The molecule has 1 unspecified atom stereocenters. The second-order valence-corrected chi connectivity index (χ2v) is 5.60. The fourth-order valence-electron chi connectivity index (χ4n) is 1.86. The van der Waals surface area contributed by atoms with Crippen molar-refractivity contribution in [2.45, 2.75) is 59.0 Å². The summed E-state index contributed by atoms with van der Waals surface area (Å²) in [5, 5.41) is 10.8. The van der Waals surface area contributed by atoms with Crippen LogP contribution >= 0.6 is 12.4 Å². The number of aromatic nitrogens is 3. The molecule has 0 spiro atoms. The Bertz CT molecular complexity index is 408. The van der Waals surface area contributed by atoms with E-state index in [1.807, 2.05) is 0 Å². The number of carbonyl (C=O) groups is 1. The summed E-state index contributed by atoms with van der Waals surface area (Å²) < 4.78 is 1.72. The lowest BCUT2D eigenvalue weighted by Crippen LogP contribution is -2.40. The van der Waals surface area contributed by atoms with E-state index in [1.165, 1.54) is 0 Å². The van der Waals surface area contributed by atoms with Crippen molar-refractivity contribution in [3.05, 3.63) is 11.9 Å². The zero-order chi connectivity index (χ0) is 15.0. The van der Waals surface area contributed by atoms with Crippen LogP contribution in [0, 0.1) is 5.92 Å². The van der Waals surface area contributed by atoms with E-state index in [0.717, 1.165) is 32.2 Å². The highest BCUT2D eigenvalue weighted by atomic mass is 35.5. The minimum atomic E-state index is -0.188. The molecule has 0 saturated carbocycles. The summed E-state index contributed by atoms with van der Waals surface area (Å²) >= 11 is 0. The van der Waals surface area contributed by atoms with Crippen molar-refractivity contribution in [1.29, 1.82) is 0 Å². The van der Waals surface area contributed by atoms with Gasteiger partial charge < -0.3 is 11.1 Å². The predicted molar refractivity (Wildman–Crippen MR) is 86.6 cm³/mol. The van der Waals surface area contributed by atoms with Crippen LogP contribution in [0.5, 0.6) is 0 Å². The zero-order valence-corrected chi connectivity index (χ0v) is 14.0. The third kappa shape index (κ3) is 7.43. The molecule has 1 amide bonds. The van der Waals surface area contributed by atoms with Gasteiger partial charge in [-0.05, 0) is 18.8 Å². The number of nitrogens with two attached hydrogens (primary N) is 1. The van der Waals surface area contributed by atoms with Crippen molar-refractivity contribution in [1.82, 2.24) is 20.3 Å². The second kappa shape index (κ2) is 10.6. The number of nitrogens with one attached hydrogen (secondary N) is 1. The summed E-state index contributed by atoms with van der Waals surface area (Å²) in [7, 11) is 0. The topological polar surface area (TPSA) is 85.8 Å². The molecular formula is C14H28ClN5O. The summed E-state index contributed by atoms with van der Waals surface area (Å²) in [5.41, 5.74) is 6.03. The molecule has 1 rings (SSSR count). The maximum absolute atomic E-state index is 12.0. The van der Waals surface area contributed by atoms with Crippen LogP contribution in [-0.2, 0) is 6.54 Å². The van der Waals surface area contributed by atoms with Gasteiger partial charge >= 0.3 is 0 Å². The molecule has 1 aromatic rings. The fraction of sp³-hybridized carbons (Fsp3) is 0.786. The van der Waals surface area contributed by atoms with Crippen LogP contribution in [0.15, 0.2) is 6.20 Å². The SMILES string of the molecule is CCCCC(CN)NC(=O)c1cn(CCC(C)C)nn1.Cl. The summed E-state index contributed by atoms with van der Waals surface area (Å²) in [6, 6.07) is 0.0169. The van der Waals surface area contributed by atoms with Crippen LogP contribution in [0.2, 0.25) is 0 Å². The van der Waals surface area contributed by atoms with Gasteiger partial charge in [-0.3, -0.25) is 9.48 Å². The van der Waals surface area contributed by atoms with Crippen molar-refractivity contribution in [2.75, 3.05) is 6.54 Å². The Balaban J connectivity index is 0.00000400. The second-order valence-electron chi connectivity index (χ2n) is 5.60. The molecule has 0 bridgehead atoms. The first kappa shape index (κ1) is 19.9. The molecule has 0 saturated heterocycles. The number of nitrogens with zero attached hydrogens (tertiary/aromatic N) is 3. The van der Waals surface area contributed by atoms with Crippen LogP contribution in [0.25, 0.3) is 0 Å². The maximum atomic E-state index is 12.0. The van der Waals surface area contributed by atoms with Crippen LogP contribution < -0.4 is 11.1 Å². The molecule has 0 aliphatic carbocycles. The van der Waals surface area contributed by atoms with Gasteiger partial charge in [-0.2, -0.15) is 0 Å². The lowest BCUT2D eigenvalue weighted by molar-refractivity contribution is 0.0930. The van der Waals surface area contributed by atoms with Crippen molar-refractivity contribution < 1.29 is 4.79 Å². The number of carbonyl (C=O) groups excluding carboxylic acids is 1. The number of aryl methyl sites for hydroxylation is 1. The van der Waals surface area contributed by atoms with E-state index in [-0.39, 0.29) is 24.4 Å². The lowest BCUT2D eigenvalue weighted by Gasteiger charge is -2.15. The van der Waals surface area contributed by atoms with Crippen molar-refractivity contribution in [3.63, 3.8) is 0 Å². The number of rotatable bonds is 9. The molecule has 3 N–H and O–H groups in total. The third-order valence-electron chi connectivity index (χ3n) is 3.23. The third-order valence-corrected chi connectivity index (χ3v) is 3.23. The Morgan fingerprint density at radius 2 is 2.14 bits per heavy atom. The number of hydrogen-bond donors (Lipinski definition) is 2. The largest absolute Gasteiger partial charge is 0.347 e. The predicted octanol–water partition coefficient (Wildman–Crippen LogP) is 1.99. The molecule has 0 fully saturated rings. The molecule has 1 heterocycles. The summed E-state index contributed by atoms with van der Waals surface area (Å²) in [4.78, 5) is 12.0. The highest BCUT2D eigenvalue weighted by Crippen LogP contribution is 2.04. The molecule has 7 heteroatoms. The summed E-state index contributed by atoms with van der Waals surface area (Å²) in [6.45, 7) is 7.67. The molecule has 21 heavy (non-hydrogen) atoms. The van der Waals surface area contributed by atoms with Gasteiger partial charge in [-0.15, -0.1) is 17.5 Å². The molecular weight excluding hydrogens is 290 g/mol. The molecule has 0 aromatic carbocycles. The van der Waals surface area contributed by atoms with E-state index in [4.69, 9.17) is 5.73 Å². The molecule has 0 aliphatic heterocycles. The van der Waals surface area contributed by atoms with E-state index in [0.29, 0.717) is 18.2 Å². The Labute approximate surface area is 133 Å². The smallest absolute Gasteiger partial charge is 0.273 e. The van der Waals surface area contributed by atoms with Gasteiger partial charge in [0.05, 0.1) is 6.20 Å². The molecule has 0 aliphatic rings. The quantitative estimate of drug-likeness (QED) is 0.729. The Hall–Kier alpha value is -1.14. The van der Waals surface area contributed by atoms with E-state index < -0.39 is 0 Å². The van der Waals surface area contributed by atoms with Crippen molar-refractivity contribution >= 4 is 18.3 Å². The first-order valence-corrected chi connectivity index (χ1v) is 7.47. The molecule has 6 nitrogen and oxygen atoms in total. The first-order valence-electron chi connectivity index (χ1n) is 7.47. The zero-order valence-electron chi connectivity index (χ0n) is 13.2. The minimum absolute atomic E-state index is 0. The van der Waals surface area contributed by atoms with E-state index in [2.05, 4.69) is 36.4 Å². The number of hydrogen-bond acceptors (Lipinski definition) is 4. The van der Waals surface area contributed by atoms with Crippen LogP contribution in [0.4, 0.5) is 0 Å². The highest BCUT2D eigenvalue weighted by Gasteiger charge is 2.15. The van der Waals surface area contributed by atoms with Crippen LogP contribution in [0.3, 0.4) is 0 Å². The summed E-state index contributed by atoms with van der Waals surface area (Å²) in [5.74, 6) is 0.416. The van der Waals surface area contributed by atoms with Gasteiger partial charge in [0.1, 0.15) is 0 Å². The van der Waals surface area contributed by atoms with Gasteiger partial charge in [-0.25, -0.2) is 0 Å². The number of unbranched alkanes of at least 4 members (excludes halogenated alkanes) is 1. The van der Waals surface area contributed by atoms with Gasteiger partial charge in [0.15, 0.2) is 5.69 Å². The normalized spacial score (nSPS) is 12.0. The first-order chi connectivity index (χ1) is 9.56. The highest BCUT2D eigenvalue weighted by molar-refractivity contribution is 5.92. The monoisotopic (exact) mass is 317 g/mol. The van der Waals surface area contributed by atoms with Crippen molar-refractivity contribution in [3.8, 4) is 0 Å². The standard InChI is InChI=1S/C14H27N5O.ClH/c1-4-5-6-12(9-15)16-14(20)13-10-19(18-17-13)8-7-11(2)3;/h10-12H,4-9,15H2,1-3H3,(H,16,20);1H. The Kier molecular flexibility index (Phi) is 9.99. The van der Waals surface area contributed by atoms with Gasteiger partial charge in [0.2, 0.25) is 0 Å². The average molecular weight is 318 g/mol. The van der Waals surface area contributed by atoms with Gasteiger partial charge in [0.25, 0.3) is 5.91 Å². The molecule has 1 aromatic heterocycles. The van der Waals surface area contributed by atoms with E-state index in [9.17, 15) is 4.79 Å². The van der Waals surface area contributed by atoms with Crippen LogP contribution in [0.1, 0.15) is 56.9 Å². The maximum Gasteiger partial charge on any atom is 0.273 e. The number of amides is 1. The molecule has 122 valence electrons. The number of halogens is 1. The van der Waals surface area contributed by atoms with Gasteiger partial charge in [0, 0.05) is 19.1 Å². The van der Waals surface area contributed by atoms with E-state index in [1.54, 1.807) is 10.9 Å². The molecule has 0 radical (unpaired) electrons. The van der Waals surface area contributed by atoms with Gasteiger partial charge in [-0.1, -0.05) is 38.8 Å². The lowest BCUT2D eigenvalue weighted by atomic mass is 10.1. The van der Waals surface area contributed by atoms with Crippen molar-refractivity contribution in [2.24, 2.45) is 11.7 Å². The van der Waals surface area contributed by atoms with Crippen LogP contribution in [-0.4, -0.2) is 33.5 Å². The molecule has 1 atom stereocenters. The fourth-order valence-corrected chi connectivity index (χ4v) is 1.86. The summed E-state index contributed by atoms with van der Waals surface area (Å²) in [6.07, 6.45) is 5.78. The van der Waals surface area contributed by atoms with E-state index >= 15 is 0 Å². The Morgan fingerprint density at radius 1 is 1.43 bits per heavy atom. The Morgan fingerprint density at radius 3 is 2.71 bits per heavy atom. The minimum Gasteiger partial charge on any atom is -0.347 e.